The molecule has 19 heavy (non-hydrogen) atoms. The molecule has 3 aromatic rings. The van der Waals surface area contributed by atoms with Crippen LogP contribution in [0.15, 0.2) is 65.2 Å². The summed E-state index contributed by atoms with van der Waals surface area (Å²) < 4.78 is 7.72. The van der Waals surface area contributed by atoms with Crippen molar-refractivity contribution < 1.29 is 4.52 Å². The maximum Gasteiger partial charge on any atom is 0.237 e. The summed E-state index contributed by atoms with van der Waals surface area (Å²) in [7, 11) is 0. The number of hydrogen-bond acceptors (Lipinski definition) is 3. The van der Waals surface area contributed by atoms with E-state index in [0.29, 0.717) is 17.1 Å². The number of hydrogen-bond donors (Lipinski definition) is 0. The van der Waals surface area contributed by atoms with E-state index in [-0.39, 0.29) is 0 Å². The van der Waals surface area contributed by atoms with Gasteiger partial charge in [0.15, 0.2) is 0 Å². The summed E-state index contributed by atoms with van der Waals surface area (Å²) in [6, 6.07) is 19.8. The van der Waals surface area contributed by atoms with Crippen LogP contribution in [0.2, 0.25) is 0 Å². The molecule has 0 unspecified atom stereocenters. The van der Waals surface area contributed by atoms with Crippen molar-refractivity contribution in [3.8, 4) is 5.69 Å². The van der Waals surface area contributed by atoms with E-state index >= 15 is 0 Å². The quantitative estimate of drug-likeness (QED) is 0.677. The summed E-state index contributed by atoms with van der Waals surface area (Å²) in [5.41, 5.74) is 2.04. The van der Waals surface area contributed by atoms with Crippen LogP contribution in [0.5, 0.6) is 0 Å². The molecule has 2 aromatic carbocycles. The highest BCUT2D eigenvalue weighted by atomic mass is 32.1. The Morgan fingerprint density at radius 3 is 2.26 bits per heavy atom. The largest absolute Gasteiger partial charge is 0.356 e. The van der Waals surface area contributed by atoms with Crippen molar-refractivity contribution in [2.75, 3.05) is 0 Å². The second kappa shape index (κ2) is 5.20. The minimum Gasteiger partial charge on any atom is -0.356 e. The summed E-state index contributed by atoms with van der Waals surface area (Å²) in [6.07, 6.45) is 0.643. The van der Waals surface area contributed by atoms with Gasteiger partial charge in [0, 0.05) is 0 Å². The van der Waals surface area contributed by atoms with Crippen molar-refractivity contribution in [3.63, 3.8) is 0 Å². The molecule has 0 fully saturated rings. The fraction of sp³-hybridized carbons (Fsp3) is 0.0667. The number of aromatic nitrogens is 2. The van der Waals surface area contributed by atoms with Gasteiger partial charge in [0.2, 0.25) is 10.7 Å². The Hall–Kier alpha value is -2.20. The molecule has 1 aromatic heterocycles. The highest BCUT2D eigenvalue weighted by Crippen LogP contribution is 2.12. The average molecular weight is 268 g/mol. The van der Waals surface area contributed by atoms with Crippen LogP contribution >= 0.6 is 12.2 Å². The first-order valence-corrected chi connectivity index (χ1v) is 6.42. The first kappa shape index (κ1) is 11.9. The van der Waals surface area contributed by atoms with Crippen LogP contribution < -0.4 is 0 Å². The van der Waals surface area contributed by atoms with E-state index in [2.05, 4.69) is 4.98 Å². The van der Waals surface area contributed by atoms with Gasteiger partial charge in [-0.2, -0.15) is 4.98 Å². The van der Waals surface area contributed by atoms with Crippen molar-refractivity contribution in [2.24, 2.45) is 0 Å². The van der Waals surface area contributed by atoms with Crippen LogP contribution in [0, 0.1) is 4.77 Å². The molecule has 3 nitrogen and oxygen atoms in total. The molecular weight excluding hydrogens is 256 g/mol. The van der Waals surface area contributed by atoms with Gasteiger partial charge >= 0.3 is 0 Å². The summed E-state index contributed by atoms with van der Waals surface area (Å²) in [6.45, 7) is 0. The molecule has 0 aliphatic heterocycles. The lowest BCUT2D eigenvalue weighted by molar-refractivity contribution is 0.318. The molecule has 0 N–H and O–H groups in total. The standard InChI is InChI=1S/C15H12N2OS/c19-15-16-14(11-12-7-3-1-4-8-12)18-17(15)13-9-5-2-6-10-13/h1-10H,11H2. The van der Waals surface area contributed by atoms with Gasteiger partial charge in [-0.25, -0.2) is 0 Å². The SMILES string of the molecule is S=c1nc(Cc2ccccc2)on1-c1ccccc1. The molecule has 0 spiro atoms. The van der Waals surface area contributed by atoms with Gasteiger partial charge in [0.1, 0.15) is 0 Å². The third-order valence-corrected chi connectivity index (χ3v) is 3.04. The Morgan fingerprint density at radius 1 is 0.947 bits per heavy atom. The Morgan fingerprint density at radius 2 is 1.58 bits per heavy atom. The van der Waals surface area contributed by atoms with Crippen molar-refractivity contribution in [2.45, 2.75) is 6.42 Å². The fourth-order valence-electron chi connectivity index (χ4n) is 1.89. The molecule has 0 saturated carbocycles. The smallest absolute Gasteiger partial charge is 0.237 e. The highest BCUT2D eigenvalue weighted by molar-refractivity contribution is 7.71. The molecule has 4 heteroatoms. The summed E-state index contributed by atoms with van der Waals surface area (Å²) in [5.74, 6) is 0.625. The van der Waals surface area contributed by atoms with E-state index in [4.69, 9.17) is 16.7 Å². The predicted molar refractivity (Wildman–Crippen MR) is 75.9 cm³/mol. The normalized spacial score (nSPS) is 10.5. The topological polar surface area (TPSA) is 31.0 Å². The van der Waals surface area contributed by atoms with Gasteiger partial charge in [-0.15, -0.1) is 4.74 Å². The van der Waals surface area contributed by atoms with E-state index in [1.165, 1.54) is 0 Å². The third kappa shape index (κ3) is 2.63. The summed E-state index contributed by atoms with van der Waals surface area (Å²) >= 11 is 5.23. The molecule has 0 aliphatic rings. The molecular formula is C15H12N2OS. The third-order valence-electron chi connectivity index (χ3n) is 2.78. The van der Waals surface area contributed by atoms with Gasteiger partial charge < -0.3 is 4.52 Å². The second-order valence-electron chi connectivity index (χ2n) is 4.17. The van der Waals surface area contributed by atoms with E-state index in [1.807, 2.05) is 60.7 Å². The van der Waals surface area contributed by atoms with Crippen molar-refractivity contribution in [1.82, 2.24) is 9.72 Å². The van der Waals surface area contributed by atoms with E-state index in [0.717, 1.165) is 11.3 Å². The first-order valence-electron chi connectivity index (χ1n) is 6.01. The second-order valence-corrected chi connectivity index (χ2v) is 4.54. The van der Waals surface area contributed by atoms with Crippen LogP contribution in [0.1, 0.15) is 11.5 Å². The fourth-order valence-corrected chi connectivity index (χ4v) is 2.13. The van der Waals surface area contributed by atoms with Crippen LogP contribution in [0.3, 0.4) is 0 Å². The van der Waals surface area contributed by atoms with Crippen molar-refractivity contribution in [1.29, 1.82) is 0 Å². The molecule has 0 atom stereocenters. The highest BCUT2D eigenvalue weighted by Gasteiger charge is 2.07. The zero-order valence-electron chi connectivity index (χ0n) is 10.2. The van der Waals surface area contributed by atoms with Gasteiger partial charge in [0.25, 0.3) is 0 Å². The van der Waals surface area contributed by atoms with E-state index in [1.54, 1.807) is 4.74 Å². The molecule has 3 rings (SSSR count). The zero-order chi connectivity index (χ0) is 13.1. The summed E-state index contributed by atoms with van der Waals surface area (Å²) in [4.78, 5) is 4.29. The monoisotopic (exact) mass is 268 g/mol. The van der Waals surface area contributed by atoms with Gasteiger partial charge in [-0.1, -0.05) is 48.5 Å². The molecule has 0 saturated heterocycles. The van der Waals surface area contributed by atoms with Gasteiger partial charge in [-0.05, 0) is 29.9 Å². The summed E-state index contributed by atoms with van der Waals surface area (Å²) in [5, 5.41) is 0. The van der Waals surface area contributed by atoms with Crippen LogP contribution in [0.25, 0.3) is 5.69 Å². The zero-order valence-corrected chi connectivity index (χ0v) is 11.0. The average Bonchev–Trinajstić information content (AvgIpc) is 2.82. The molecule has 0 radical (unpaired) electrons. The maximum absolute atomic E-state index is 5.71. The predicted octanol–water partition coefficient (Wildman–Crippen LogP) is 3.79. The number of para-hydroxylation sites is 1. The lowest BCUT2D eigenvalue weighted by Crippen LogP contribution is -1.91. The first-order chi connectivity index (χ1) is 9.33. The van der Waals surface area contributed by atoms with Crippen molar-refractivity contribution >= 4 is 12.2 Å². The minimum absolute atomic E-state index is 0.442. The van der Waals surface area contributed by atoms with Crippen LogP contribution in [-0.2, 0) is 6.42 Å². The van der Waals surface area contributed by atoms with Crippen molar-refractivity contribution in [3.05, 3.63) is 76.9 Å². The number of benzene rings is 2. The lowest BCUT2D eigenvalue weighted by atomic mass is 10.2. The molecule has 0 aliphatic carbocycles. The Kier molecular flexibility index (Phi) is 3.25. The number of rotatable bonds is 3. The molecule has 94 valence electrons. The van der Waals surface area contributed by atoms with Gasteiger partial charge in [-0.3, -0.25) is 0 Å². The van der Waals surface area contributed by atoms with E-state index in [9.17, 15) is 0 Å². The Balaban J connectivity index is 1.92. The maximum atomic E-state index is 5.71. The van der Waals surface area contributed by atoms with Crippen LogP contribution in [0.4, 0.5) is 0 Å². The Labute approximate surface area is 116 Å². The molecule has 1 heterocycles. The van der Waals surface area contributed by atoms with Crippen LogP contribution in [-0.4, -0.2) is 9.72 Å². The molecule has 0 bridgehead atoms. The van der Waals surface area contributed by atoms with E-state index < -0.39 is 0 Å². The number of nitrogens with zero attached hydrogens (tertiary/aromatic N) is 2. The Bertz CT molecular complexity index is 717. The molecule has 0 amide bonds. The minimum atomic E-state index is 0.442. The van der Waals surface area contributed by atoms with Gasteiger partial charge in [0.05, 0.1) is 12.1 Å². The lowest BCUT2D eigenvalue weighted by Gasteiger charge is -1.99.